The van der Waals surface area contributed by atoms with Crippen molar-refractivity contribution in [3.8, 4) is 0 Å². The Morgan fingerprint density at radius 2 is 1.55 bits per heavy atom. The number of esters is 1. The minimum Gasteiger partial charge on any atom is -0.459 e. The Kier molecular flexibility index (Phi) is 18.5. The zero-order valence-electron chi connectivity index (χ0n) is 40.3. The quantitative estimate of drug-likeness (QED) is 0.155. The molecule has 0 aliphatic carbocycles. The van der Waals surface area contributed by atoms with E-state index < -0.39 is 102 Å². The number of carbonyl (C=O) groups excluding carboxylic acids is 2. The summed E-state index contributed by atoms with van der Waals surface area (Å²) < 4.78 is 51.8. The minimum atomic E-state index is -1.94. The van der Waals surface area contributed by atoms with Gasteiger partial charge >= 0.3 is 5.97 Å². The lowest BCUT2D eigenvalue weighted by Gasteiger charge is -2.49. The van der Waals surface area contributed by atoms with Gasteiger partial charge in [0, 0.05) is 46.1 Å². The highest BCUT2D eigenvalue weighted by Crippen LogP contribution is 2.42. The highest BCUT2D eigenvalue weighted by Gasteiger charge is 2.55. The van der Waals surface area contributed by atoms with Crippen molar-refractivity contribution in [3.63, 3.8) is 0 Å². The number of likely N-dealkylation sites (N-methyl/N-ethyl adjacent to an activating group) is 1. The van der Waals surface area contributed by atoms with Crippen LogP contribution in [0, 0.1) is 17.8 Å². The van der Waals surface area contributed by atoms with Gasteiger partial charge in [-0.25, -0.2) is 4.99 Å². The van der Waals surface area contributed by atoms with Crippen LogP contribution in [0.2, 0.25) is 0 Å². The predicted octanol–water partition coefficient (Wildman–Crippen LogP) is 3.24. The van der Waals surface area contributed by atoms with Gasteiger partial charge in [0.1, 0.15) is 23.9 Å². The number of carbonyl (C=O) groups is 2. The predicted molar refractivity (Wildman–Crippen MR) is 232 cm³/mol. The van der Waals surface area contributed by atoms with E-state index in [0.717, 1.165) is 26.1 Å². The lowest BCUT2D eigenvalue weighted by Crippen LogP contribution is -2.60. The van der Waals surface area contributed by atoms with Crippen molar-refractivity contribution < 1.29 is 62.8 Å². The van der Waals surface area contributed by atoms with E-state index in [1.165, 1.54) is 14.0 Å². The maximum Gasteiger partial charge on any atom is 0.311 e. The van der Waals surface area contributed by atoms with Gasteiger partial charge in [-0.05, 0) is 93.8 Å². The van der Waals surface area contributed by atoms with E-state index in [1.807, 2.05) is 27.8 Å². The molecule has 62 heavy (non-hydrogen) atoms. The molecule has 4 fully saturated rings. The van der Waals surface area contributed by atoms with Gasteiger partial charge in [-0.2, -0.15) is 0 Å². The molecule has 17 heteroatoms. The molecule has 4 aliphatic heterocycles. The third-order valence-corrected chi connectivity index (χ3v) is 14.3. The van der Waals surface area contributed by atoms with E-state index in [1.54, 1.807) is 48.7 Å². The maximum atomic E-state index is 14.5. The van der Waals surface area contributed by atoms with E-state index in [9.17, 15) is 24.9 Å². The topological polar surface area (TPSA) is 200 Å². The molecule has 0 radical (unpaired) electrons. The van der Waals surface area contributed by atoms with Gasteiger partial charge in [-0.1, -0.05) is 34.6 Å². The van der Waals surface area contributed by atoms with Crippen molar-refractivity contribution >= 4 is 17.9 Å². The molecule has 0 saturated carbocycles. The van der Waals surface area contributed by atoms with Gasteiger partial charge in [-0.15, -0.1) is 0 Å². The van der Waals surface area contributed by atoms with Gasteiger partial charge in [-0.3, -0.25) is 9.59 Å². The molecule has 4 rings (SSSR count). The Hall–Kier alpha value is -2.19. The van der Waals surface area contributed by atoms with Gasteiger partial charge in [0.25, 0.3) is 6.02 Å². The van der Waals surface area contributed by atoms with Crippen LogP contribution in [0.5, 0.6) is 0 Å². The normalized spacial score (nSPS) is 44.6. The summed E-state index contributed by atoms with van der Waals surface area (Å²) in [6.45, 7) is 25.2. The minimum absolute atomic E-state index is 0.121. The molecule has 0 aromatic heterocycles. The number of hydrogen-bond donors (Lipinski definition) is 4. The number of methoxy groups -OCH3 is 2. The first-order valence-corrected chi connectivity index (χ1v) is 23.0. The molecule has 17 nitrogen and oxygen atoms in total. The third kappa shape index (κ3) is 11.6. The molecule has 4 saturated heterocycles. The SMILES string of the molecule is CC[C@H]1OC(=O)[C@H](C)[C@@H](O[C@H]2C[C@@](C)(OC)[C@@H](O)[C@H](C)O2)[C@H](C)[C@@H](O[C@H]2O[C@H](C)C[C@H]3[C@H]2OC(=NCCCN(CC)CC)N3C)[C@](C)(OC)C[C@@H](C)C(=O)N[C@H](C)[C@@H](O)[C@]1(C)O. The number of nitrogens with zero attached hydrogens (tertiary/aromatic N) is 3. The van der Waals surface area contributed by atoms with E-state index in [4.69, 9.17) is 42.9 Å². The molecule has 0 spiro atoms. The van der Waals surface area contributed by atoms with Gasteiger partial charge in [0.2, 0.25) is 5.91 Å². The van der Waals surface area contributed by atoms with Crippen LogP contribution in [-0.4, -0.2) is 181 Å². The summed E-state index contributed by atoms with van der Waals surface area (Å²) in [7, 11) is 5.05. The number of amides is 1. The first kappa shape index (κ1) is 52.4. The highest BCUT2D eigenvalue weighted by molar-refractivity contribution is 5.79. The molecule has 4 N–H and O–H groups in total. The molecular formula is C45H82N4O13. The number of nitrogens with one attached hydrogen (secondary N) is 1. The standard InChI is InChI=1S/C45H82N4O13/c1-16-32-45(12,54)36(50)29(8)47-39(52)25(4)23-44(11,56-15)38(27(6)34(28(7)40(53)59-32)60-33-24-43(10,55-14)37(51)30(9)58-33)62-41-35-31(22-26(5)57-41)48(13)42(61-35)46-20-19-21-49(17-2)18-3/h25-38,41,50-51,54H,16-24H2,1-15H3,(H,47,52)/t25-,26-,27+,28-,29-,30+,31+,32-,33+,34+,35-,36-,37+,38-,41-,43-,44-,45-/m1/s1. The summed E-state index contributed by atoms with van der Waals surface area (Å²) in [5, 5.41) is 37.1. The van der Waals surface area contributed by atoms with Crippen LogP contribution in [0.15, 0.2) is 4.99 Å². The number of hydrogen-bond acceptors (Lipinski definition) is 15. The first-order valence-electron chi connectivity index (χ1n) is 23.0. The Labute approximate surface area is 370 Å². The molecule has 4 heterocycles. The summed E-state index contributed by atoms with van der Waals surface area (Å²) in [4.78, 5) is 37.7. The number of aliphatic hydroxyl groups is 3. The number of aliphatic hydroxyl groups excluding tert-OH is 2. The Bertz CT molecular complexity index is 1490. The van der Waals surface area contributed by atoms with Crippen molar-refractivity contribution in [2.24, 2.45) is 22.7 Å². The second-order valence-corrected chi connectivity index (χ2v) is 19.0. The van der Waals surface area contributed by atoms with Crippen LogP contribution in [0.3, 0.4) is 0 Å². The monoisotopic (exact) mass is 887 g/mol. The zero-order chi connectivity index (χ0) is 46.5. The fourth-order valence-electron chi connectivity index (χ4n) is 9.91. The van der Waals surface area contributed by atoms with Gasteiger partial charge < -0.3 is 68.3 Å². The molecule has 0 bridgehead atoms. The zero-order valence-corrected chi connectivity index (χ0v) is 40.3. The van der Waals surface area contributed by atoms with Crippen LogP contribution in [0.4, 0.5) is 0 Å². The van der Waals surface area contributed by atoms with E-state index in [-0.39, 0.29) is 37.3 Å². The second kappa shape index (κ2) is 21.9. The summed E-state index contributed by atoms with van der Waals surface area (Å²) in [6, 6.07) is -0.521. The van der Waals surface area contributed by atoms with E-state index >= 15 is 0 Å². The van der Waals surface area contributed by atoms with Crippen molar-refractivity contribution in [2.45, 2.75) is 205 Å². The van der Waals surface area contributed by atoms with Crippen molar-refractivity contribution in [2.75, 3.05) is 47.4 Å². The fourth-order valence-corrected chi connectivity index (χ4v) is 9.91. The van der Waals surface area contributed by atoms with E-state index in [0.29, 0.717) is 19.0 Å². The van der Waals surface area contributed by atoms with E-state index in [2.05, 4.69) is 29.0 Å². The molecule has 0 aromatic carbocycles. The highest BCUT2D eigenvalue weighted by atomic mass is 16.7. The summed E-state index contributed by atoms with van der Waals surface area (Å²) in [5.41, 5.74) is -4.21. The van der Waals surface area contributed by atoms with Crippen LogP contribution in [-0.2, 0) is 47.5 Å². The Morgan fingerprint density at radius 3 is 2.15 bits per heavy atom. The molecule has 1 amide bonds. The molecule has 18 atom stereocenters. The van der Waals surface area contributed by atoms with Crippen LogP contribution in [0.1, 0.15) is 115 Å². The lowest BCUT2D eigenvalue weighted by molar-refractivity contribution is -0.315. The molecule has 4 aliphatic rings. The number of cyclic esters (lactones) is 1. The van der Waals surface area contributed by atoms with Crippen LogP contribution >= 0.6 is 0 Å². The van der Waals surface area contributed by atoms with Crippen molar-refractivity contribution in [1.82, 2.24) is 15.1 Å². The summed E-state index contributed by atoms with van der Waals surface area (Å²) in [6.07, 6.45) is -6.95. The molecule has 360 valence electrons. The molecule has 0 unspecified atom stereocenters. The fraction of sp³-hybridized carbons (Fsp3) is 0.933. The number of amidine groups is 1. The van der Waals surface area contributed by atoms with Gasteiger partial charge in [0.15, 0.2) is 18.7 Å². The van der Waals surface area contributed by atoms with Crippen molar-refractivity contribution in [3.05, 3.63) is 0 Å². The largest absolute Gasteiger partial charge is 0.459 e. The Balaban J connectivity index is 1.82. The maximum absolute atomic E-state index is 14.5. The second-order valence-electron chi connectivity index (χ2n) is 19.0. The van der Waals surface area contributed by atoms with Gasteiger partial charge in [0.05, 0.1) is 53.6 Å². The number of rotatable bonds is 13. The van der Waals surface area contributed by atoms with Crippen LogP contribution in [0.25, 0.3) is 0 Å². The average Bonchev–Trinajstić information content (AvgIpc) is 3.55. The van der Waals surface area contributed by atoms with Crippen molar-refractivity contribution in [1.29, 1.82) is 0 Å². The average molecular weight is 887 g/mol. The summed E-state index contributed by atoms with van der Waals surface area (Å²) in [5.74, 6) is -3.48. The number of aliphatic imine (C=N–C) groups is 1. The third-order valence-electron chi connectivity index (χ3n) is 14.3. The lowest BCUT2D eigenvalue weighted by atomic mass is 9.77. The summed E-state index contributed by atoms with van der Waals surface area (Å²) >= 11 is 0. The Morgan fingerprint density at radius 1 is 0.903 bits per heavy atom. The molecular weight excluding hydrogens is 805 g/mol. The smallest absolute Gasteiger partial charge is 0.311 e. The van der Waals surface area contributed by atoms with Crippen LogP contribution < -0.4 is 5.32 Å². The number of fused-ring (bicyclic) bond motifs is 1. The first-order chi connectivity index (χ1) is 29.0. The molecule has 0 aromatic rings. The number of ether oxygens (including phenoxy) is 8.